The van der Waals surface area contributed by atoms with Crippen LogP contribution in [0.1, 0.15) is 64.2 Å². The smallest absolute Gasteiger partial charge is 0.124 e. The lowest BCUT2D eigenvalue weighted by atomic mass is 9.99. The van der Waals surface area contributed by atoms with Gasteiger partial charge in [-0.2, -0.15) is 0 Å². The Morgan fingerprint density at radius 3 is 1.50 bits per heavy atom. The van der Waals surface area contributed by atoms with Crippen molar-refractivity contribution in [3.8, 4) is 0 Å². The molecule has 4 heteroatoms. The van der Waals surface area contributed by atoms with E-state index in [2.05, 4.69) is 12.2 Å². The minimum Gasteiger partial charge on any atom is -0.496 e. The van der Waals surface area contributed by atoms with E-state index in [9.17, 15) is 0 Å². The molecule has 3 rings (SSSR count). The van der Waals surface area contributed by atoms with E-state index in [0.717, 1.165) is 77.4 Å². The van der Waals surface area contributed by atoms with Crippen LogP contribution < -0.4 is 0 Å². The highest BCUT2D eigenvalue weighted by Gasteiger charge is 2.27. The van der Waals surface area contributed by atoms with E-state index < -0.39 is 0 Å². The largest absolute Gasteiger partial charge is 0.496 e. The molecule has 0 amide bonds. The Labute approximate surface area is 146 Å². The van der Waals surface area contributed by atoms with Gasteiger partial charge in [-0.05, 0) is 76.4 Å². The van der Waals surface area contributed by atoms with Crippen LogP contribution in [0.2, 0.25) is 0 Å². The lowest BCUT2D eigenvalue weighted by Crippen LogP contribution is -2.35. The third kappa shape index (κ3) is 5.52. The van der Waals surface area contributed by atoms with Crippen molar-refractivity contribution in [2.24, 2.45) is 0 Å². The first-order valence-electron chi connectivity index (χ1n) is 9.77. The highest BCUT2D eigenvalue weighted by Crippen LogP contribution is 2.24. The quantitative estimate of drug-likeness (QED) is 0.653. The van der Waals surface area contributed by atoms with Crippen molar-refractivity contribution in [3.05, 3.63) is 24.7 Å². The maximum atomic E-state index is 5.97. The monoisotopic (exact) mass is 336 g/mol. The maximum absolute atomic E-state index is 5.97. The summed E-state index contributed by atoms with van der Waals surface area (Å²) in [5.41, 5.74) is 0. The molecule has 4 unspecified atom stereocenters. The standard InChI is InChI=1S/C20H32O4/c1-3-9-17-19(11-7-15-23-17)22-14-6-2-4-10-18-20(21-13-5-1)12-8-16-24-18/h5-6,13-14,17-20H,1-4,7-12,15-16H2/b13-5-,14-6-. The number of allylic oxidation sites excluding steroid dienone is 2. The molecular weight excluding hydrogens is 304 g/mol. The first kappa shape index (κ1) is 17.8. The second kappa shape index (κ2) is 10.1. The van der Waals surface area contributed by atoms with Gasteiger partial charge in [-0.3, -0.25) is 0 Å². The third-order valence-electron chi connectivity index (χ3n) is 5.18. The zero-order valence-electron chi connectivity index (χ0n) is 14.7. The predicted molar refractivity (Wildman–Crippen MR) is 93.7 cm³/mol. The van der Waals surface area contributed by atoms with Crippen LogP contribution in [-0.4, -0.2) is 37.6 Å². The predicted octanol–water partition coefficient (Wildman–Crippen LogP) is 4.50. The van der Waals surface area contributed by atoms with Crippen LogP contribution >= 0.6 is 0 Å². The SMILES string of the molecule is C1=C\OC2CCCOC2CCC/C=C\OC2CCCOC2CCC/1. The highest BCUT2D eigenvalue weighted by atomic mass is 16.5. The summed E-state index contributed by atoms with van der Waals surface area (Å²) >= 11 is 0. The van der Waals surface area contributed by atoms with Crippen molar-refractivity contribution in [2.75, 3.05) is 13.2 Å². The topological polar surface area (TPSA) is 36.9 Å². The first-order chi connectivity index (χ1) is 11.9. The van der Waals surface area contributed by atoms with Gasteiger partial charge in [0.05, 0.1) is 24.7 Å². The van der Waals surface area contributed by atoms with Gasteiger partial charge in [-0.1, -0.05) is 0 Å². The minimum atomic E-state index is 0.217. The normalized spacial score (nSPS) is 38.7. The van der Waals surface area contributed by atoms with E-state index in [4.69, 9.17) is 18.9 Å². The van der Waals surface area contributed by atoms with E-state index in [1.807, 2.05) is 12.5 Å². The van der Waals surface area contributed by atoms with Crippen LogP contribution in [-0.2, 0) is 18.9 Å². The molecule has 3 heterocycles. The van der Waals surface area contributed by atoms with Crippen molar-refractivity contribution in [1.82, 2.24) is 0 Å². The van der Waals surface area contributed by atoms with Crippen LogP contribution in [0.3, 0.4) is 0 Å². The number of ether oxygens (including phenoxy) is 4. The molecule has 24 heavy (non-hydrogen) atoms. The van der Waals surface area contributed by atoms with Crippen molar-refractivity contribution >= 4 is 0 Å². The first-order valence-corrected chi connectivity index (χ1v) is 9.77. The molecule has 0 saturated carbocycles. The second-order valence-electron chi connectivity index (χ2n) is 7.06. The molecule has 0 aromatic heterocycles. The molecule has 3 aliphatic rings. The van der Waals surface area contributed by atoms with Crippen LogP contribution in [0.25, 0.3) is 0 Å². The minimum absolute atomic E-state index is 0.217. The van der Waals surface area contributed by atoms with Crippen molar-refractivity contribution in [3.63, 3.8) is 0 Å². The summed E-state index contributed by atoms with van der Waals surface area (Å²) in [7, 11) is 0. The third-order valence-corrected chi connectivity index (χ3v) is 5.18. The van der Waals surface area contributed by atoms with Crippen LogP contribution in [0.5, 0.6) is 0 Å². The molecule has 0 aromatic rings. The molecule has 0 aromatic carbocycles. The van der Waals surface area contributed by atoms with Crippen LogP contribution in [0.4, 0.5) is 0 Å². The summed E-state index contributed by atoms with van der Waals surface area (Å²) in [5.74, 6) is 0. The Kier molecular flexibility index (Phi) is 7.49. The number of fused-ring (bicyclic) bond motifs is 2. The molecule has 3 aliphatic heterocycles. The summed E-state index contributed by atoms with van der Waals surface area (Å²) in [6.45, 7) is 1.74. The fraction of sp³-hybridized carbons (Fsp3) is 0.800. The second-order valence-corrected chi connectivity index (χ2v) is 7.06. The highest BCUT2D eigenvalue weighted by molar-refractivity contribution is 4.85. The van der Waals surface area contributed by atoms with Gasteiger partial charge in [0, 0.05) is 13.2 Å². The summed E-state index contributed by atoms with van der Waals surface area (Å²) in [5, 5.41) is 0. The van der Waals surface area contributed by atoms with Gasteiger partial charge in [0.2, 0.25) is 0 Å². The summed E-state index contributed by atoms with van der Waals surface area (Å²) in [4.78, 5) is 0. The van der Waals surface area contributed by atoms with E-state index in [1.54, 1.807) is 0 Å². The molecular formula is C20H32O4. The van der Waals surface area contributed by atoms with Gasteiger partial charge in [0.1, 0.15) is 12.2 Å². The molecule has 0 spiro atoms. The van der Waals surface area contributed by atoms with E-state index in [0.29, 0.717) is 0 Å². The lowest BCUT2D eigenvalue weighted by Gasteiger charge is -2.31. The molecule has 0 N–H and O–H groups in total. The van der Waals surface area contributed by atoms with E-state index >= 15 is 0 Å². The Balaban J connectivity index is 1.55. The molecule has 0 aliphatic carbocycles. The fourth-order valence-electron chi connectivity index (χ4n) is 3.80. The molecule has 4 atom stereocenters. The summed E-state index contributed by atoms with van der Waals surface area (Å²) < 4.78 is 23.8. The van der Waals surface area contributed by atoms with Gasteiger partial charge >= 0.3 is 0 Å². The molecule has 4 nitrogen and oxygen atoms in total. The molecule has 2 saturated heterocycles. The Bertz CT molecular complexity index is 368. The van der Waals surface area contributed by atoms with Gasteiger partial charge in [-0.25, -0.2) is 0 Å². The van der Waals surface area contributed by atoms with Crippen LogP contribution in [0, 0.1) is 0 Å². The van der Waals surface area contributed by atoms with Gasteiger partial charge < -0.3 is 18.9 Å². The summed E-state index contributed by atoms with van der Waals surface area (Å²) in [6.07, 6.45) is 19.8. The number of hydrogen-bond donors (Lipinski definition) is 0. The number of hydrogen-bond acceptors (Lipinski definition) is 4. The maximum Gasteiger partial charge on any atom is 0.124 e. The van der Waals surface area contributed by atoms with Crippen molar-refractivity contribution in [2.45, 2.75) is 88.6 Å². The zero-order chi connectivity index (χ0) is 16.5. The van der Waals surface area contributed by atoms with E-state index in [1.165, 1.54) is 0 Å². The van der Waals surface area contributed by atoms with Crippen molar-refractivity contribution in [1.29, 1.82) is 0 Å². The van der Waals surface area contributed by atoms with Gasteiger partial charge in [0.25, 0.3) is 0 Å². The lowest BCUT2D eigenvalue weighted by molar-refractivity contribution is -0.0840. The van der Waals surface area contributed by atoms with Gasteiger partial charge in [-0.15, -0.1) is 0 Å². The molecule has 0 bridgehead atoms. The average Bonchev–Trinajstić information content (AvgIpc) is 2.62. The molecule has 2 fully saturated rings. The van der Waals surface area contributed by atoms with Gasteiger partial charge in [0.15, 0.2) is 0 Å². The fourth-order valence-corrected chi connectivity index (χ4v) is 3.80. The summed E-state index contributed by atoms with van der Waals surface area (Å²) in [6, 6.07) is 0. The van der Waals surface area contributed by atoms with E-state index in [-0.39, 0.29) is 24.4 Å². The van der Waals surface area contributed by atoms with Crippen LogP contribution in [0.15, 0.2) is 24.7 Å². The average molecular weight is 336 g/mol. The Morgan fingerprint density at radius 2 is 1.00 bits per heavy atom. The zero-order valence-corrected chi connectivity index (χ0v) is 14.7. The Morgan fingerprint density at radius 1 is 0.542 bits per heavy atom. The molecule has 136 valence electrons. The molecule has 0 radical (unpaired) electrons. The Hall–Kier alpha value is -1.00. The number of rotatable bonds is 0. The van der Waals surface area contributed by atoms with Crippen molar-refractivity contribution < 1.29 is 18.9 Å².